The predicted molar refractivity (Wildman–Crippen MR) is 96.4 cm³/mol. The van der Waals surface area contributed by atoms with Crippen molar-refractivity contribution in [1.29, 1.82) is 0 Å². The van der Waals surface area contributed by atoms with E-state index in [1.54, 1.807) is 0 Å². The van der Waals surface area contributed by atoms with E-state index >= 15 is 0 Å². The van der Waals surface area contributed by atoms with Crippen molar-refractivity contribution in [3.05, 3.63) is 59.7 Å². The van der Waals surface area contributed by atoms with Gasteiger partial charge in [-0.3, -0.25) is 4.79 Å². The Morgan fingerprint density at radius 3 is 2.62 bits per heavy atom. The van der Waals surface area contributed by atoms with Crippen LogP contribution in [0.4, 0.5) is 5.69 Å². The summed E-state index contributed by atoms with van der Waals surface area (Å²) in [7, 11) is 0. The molecule has 0 saturated heterocycles. The lowest BCUT2D eigenvalue weighted by Crippen LogP contribution is -2.42. The van der Waals surface area contributed by atoms with Crippen LogP contribution >= 0.6 is 0 Å². The summed E-state index contributed by atoms with van der Waals surface area (Å²) in [6.45, 7) is 5.47. The first kappa shape index (κ1) is 16.4. The molecule has 3 rings (SSSR count). The zero-order valence-electron chi connectivity index (χ0n) is 14.3. The highest BCUT2D eigenvalue weighted by Crippen LogP contribution is 2.36. The van der Waals surface area contributed by atoms with Crippen LogP contribution in [0.15, 0.2) is 48.5 Å². The van der Waals surface area contributed by atoms with Gasteiger partial charge in [-0.15, -0.1) is 0 Å². The van der Waals surface area contributed by atoms with E-state index in [-0.39, 0.29) is 12.1 Å². The molecule has 1 heterocycles. The highest BCUT2D eigenvalue weighted by Gasteiger charge is 2.33. The van der Waals surface area contributed by atoms with Gasteiger partial charge < -0.3 is 15.0 Å². The molecule has 0 aliphatic carbocycles. The summed E-state index contributed by atoms with van der Waals surface area (Å²) in [6, 6.07) is 15.6. The largest absolute Gasteiger partial charge is 0.493 e. The smallest absolute Gasteiger partial charge is 0.257 e. The Hall–Kier alpha value is -2.49. The number of anilines is 1. The van der Waals surface area contributed by atoms with Crippen LogP contribution in [-0.4, -0.2) is 24.0 Å². The number of nitrogens with zero attached hydrogens (tertiary/aromatic N) is 1. The number of para-hydroxylation sites is 2. The Labute approximate surface area is 143 Å². The van der Waals surface area contributed by atoms with Crippen molar-refractivity contribution in [3.63, 3.8) is 0 Å². The number of rotatable bonds is 6. The minimum Gasteiger partial charge on any atom is -0.493 e. The molecule has 0 aromatic heterocycles. The van der Waals surface area contributed by atoms with Crippen LogP contribution in [0.25, 0.3) is 0 Å². The van der Waals surface area contributed by atoms with E-state index < -0.39 is 0 Å². The van der Waals surface area contributed by atoms with Gasteiger partial charge in [0.25, 0.3) is 5.91 Å². The van der Waals surface area contributed by atoms with Gasteiger partial charge in [-0.25, -0.2) is 0 Å². The maximum absolute atomic E-state index is 12.8. The first-order valence-corrected chi connectivity index (χ1v) is 8.64. The number of nitrogens with one attached hydrogen (secondary N) is 1. The molecule has 1 aliphatic heterocycles. The highest BCUT2D eigenvalue weighted by atomic mass is 16.5. The quantitative estimate of drug-likeness (QED) is 0.798. The Bertz CT molecular complexity index is 714. The van der Waals surface area contributed by atoms with E-state index in [9.17, 15) is 4.79 Å². The minimum atomic E-state index is -0.213. The van der Waals surface area contributed by atoms with Crippen molar-refractivity contribution in [2.24, 2.45) is 0 Å². The lowest BCUT2D eigenvalue weighted by atomic mass is 10.0. The number of benzene rings is 2. The molecular weight excluding hydrogens is 300 g/mol. The average molecular weight is 324 g/mol. The second-order valence-electron chi connectivity index (χ2n) is 5.92. The third kappa shape index (κ3) is 3.09. The number of ether oxygens (including phenoxy) is 1. The molecule has 1 aliphatic rings. The fourth-order valence-electron chi connectivity index (χ4n) is 3.03. The average Bonchev–Trinajstić information content (AvgIpc) is 2.62. The van der Waals surface area contributed by atoms with Crippen molar-refractivity contribution in [1.82, 2.24) is 4.90 Å². The summed E-state index contributed by atoms with van der Waals surface area (Å²) in [6.07, 6.45) is 1.90. The van der Waals surface area contributed by atoms with Crippen molar-refractivity contribution < 1.29 is 9.53 Å². The Kier molecular flexibility index (Phi) is 5.04. The second-order valence-corrected chi connectivity index (χ2v) is 5.92. The molecule has 24 heavy (non-hydrogen) atoms. The Morgan fingerprint density at radius 2 is 1.83 bits per heavy atom. The fraction of sp³-hybridized carbons (Fsp3) is 0.350. The van der Waals surface area contributed by atoms with E-state index in [0.717, 1.165) is 35.4 Å². The number of unbranched alkanes of at least 4 members (excludes halogenated alkanes) is 1. The van der Waals surface area contributed by atoms with Gasteiger partial charge in [0, 0.05) is 17.8 Å². The van der Waals surface area contributed by atoms with Gasteiger partial charge in [-0.1, -0.05) is 43.7 Å². The molecule has 4 heteroatoms. The summed E-state index contributed by atoms with van der Waals surface area (Å²) >= 11 is 0. The molecule has 1 unspecified atom stereocenters. The molecule has 2 aromatic rings. The monoisotopic (exact) mass is 324 g/mol. The van der Waals surface area contributed by atoms with E-state index in [4.69, 9.17) is 4.74 Å². The number of amides is 1. The molecule has 4 nitrogen and oxygen atoms in total. The second kappa shape index (κ2) is 7.39. The van der Waals surface area contributed by atoms with Gasteiger partial charge in [0.15, 0.2) is 0 Å². The molecule has 1 N–H and O–H groups in total. The molecule has 0 spiro atoms. The minimum absolute atomic E-state index is 0.0558. The lowest BCUT2D eigenvalue weighted by Gasteiger charge is -2.38. The van der Waals surface area contributed by atoms with Crippen molar-refractivity contribution in [2.75, 3.05) is 18.5 Å². The van der Waals surface area contributed by atoms with Crippen molar-refractivity contribution in [3.8, 4) is 5.75 Å². The first-order chi connectivity index (χ1) is 11.8. The van der Waals surface area contributed by atoms with Gasteiger partial charge in [-0.05, 0) is 31.5 Å². The molecule has 2 aromatic carbocycles. The van der Waals surface area contributed by atoms with Crippen LogP contribution in [0.2, 0.25) is 0 Å². The maximum Gasteiger partial charge on any atom is 0.257 e. The van der Waals surface area contributed by atoms with E-state index in [2.05, 4.69) is 12.2 Å². The predicted octanol–water partition coefficient (Wildman–Crippen LogP) is 4.45. The van der Waals surface area contributed by atoms with Gasteiger partial charge >= 0.3 is 0 Å². The summed E-state index contributed by atoms with van der Waals surface area (Å²) in [5, 5.41) is 3.50. The molecule has 126 valence electrons. The molecule has 0 saturated carbocycles. The van der Waals surface area contributed by atoms with E-state index in [1.165, 1.54) is 0 Å². The van der Waals surface area contributed by atoms with Crippen LogP contribution in [0, 0.1) is 0 Å². The number of fused-ring (bicyclic) bond motifs is 1. The Balaban J connectivity index is 1.95. The van der Waals surface area contributed by atoms with Crippen LogP contribution < -0.4 is 10.1 Å². The zero-order chi connectivity index (χ0) is 16.9. The first-order valence-electron chi connectivity index (χ1n) is 8.64. The molecule has 1 atom stereocenters. The van der Waals surface area contributed by atoms with E-state index in [1.807, 2.05) is 60.4 Å². The van der Waals surface area contributed by atoms with Crippen LogP contribution in [0.5, 0.6) is 5.75 Å². The SMILES string of the molecule is CCCCOc1ccccc1C1Nc2ccccc2C(=O)N1CC. The topological polar surface area (TPSA) is 41.6 Å². The molecule has 0 bridgehead atoms. The summed E-state index contributed by atoms with van der Waals surface area (Å²) in [5.41, 5.74) is 2.60. The Morgan fingerprint density at radius 1 is 1.08 bits per heavy atom. The van der Waals surface area contributed by atoms with Crippen molar-refractivity contribution >= 4 is 11.6 Å². The normalized spacial score (nSPS) is 16.5. The maximum atomic E-state index is 12.8. The molecule has 0 radical (unpaired) electrons. The third-order valence-corrected chi connectivity index (χ3v) is 4.33. The molecule has 1 amide bonds. The van der Waals surface area contributed by atoms with Gasteiger partial charge in [0.1, 0.15) is 11.9 Å². The van der Waals surface area contributed by atoms with E-state index in [0.29, 0.717) is 13.2 Å². The van der Waals surface area contributed by atoms with Gasteiger partial charge in [-0.2, -0.15) is 0 Å². The summed E-state index contributed by atoms with van der Waals surface area (Å²) < 4.78 is 5.97. The van der Waals surface area contributed by atoms with Crippen LogP contribution in [0.1, 0.15) is 48.8 Å². The van der Waals surface area contributed by atoms with Crippen molar-refractivity contribution in [2.45, 2.75) is 32.9 Å². The highest BCUT2D eigenvalue weighted by molar-refractivity contribution is 6.01. The number of carbonyl (C=O) groups is 1. The number of carbonyl (C=O) groups excluding carboxylic acids is 1. The number of hydrogen-bond donors (Lipinski definition) is 1. The van der Waals surface area contributed by atoms with Crippen LogP contribution in [0.3, 0.4) is 0 Å². The van der Waals surface area contributed by atoms with Gasteiger partial charge in [0.2, 0.25) is 0 Å². The standard InChI is InChI=1S/C20H24N2O2/c1-3-5-14-24-18-13-9-7-11-16(18)19-21-17-12-8-6-10-15(17)20(23)22(19)4-2/h6-13,19,21H,3-5,14H2,1-2H3. The lowest BCUT2D eigenvalue weighted by molar-refractivity contribution is 0.0692. The molecule has 0 fully saturated rings. The summed E-state index contributed by atoms with van der Waals surface area (Å²) in [5.74, 6) is 0.897. The fourth-order valence-corrected chi connectivity index (χ4v) is 3.03. The molecular formula is C20H24N2O2. The van der Waals surface area contributed by atoms with Crippen LogP contribution in [-0.2, 0) is 0 Å². The summed E-state index contributed by atoms with van der Waals surface area (Å²) in [4.78, 5) is 14.7. The third-order valence-electron chi connectivity index (χ3n) is 4.33. The number of hydrogen-bond acceptors (Lipinski definition) is 3. The zero-order valence-corrected chi connectivity index (χ0v) is 14.3. The van der Waals surface area contributed by atoms with Gasteiger partial charge in [0.05, 0.1) is 12.2 Å².